The maximum Gasteiger partial charge on any atom is 0.329 e. The molecule has 2 aliphatic rings. The van der Waals surface area contributed by atoms with Crippen LogP contribution in [-0.2, 0) is 22.4 Å². The summed E-state index contributed by atoms with van der Waals surface area (Å²) in [5, 5.41) is 12.6. The highest BCUT2D eigenvalue weighted by Crippen LogP contribution is 2.30. The van der Waals surface area contributed by atoms with Gasteiger partial charge in [-0.25, -0.2) is 4.79 Å². The molecule has 2 aromatic rings. The Balaban J connectivity index is 1.47. The Kier molecular flexibility index (Phi) is 5.70. The van der Waals surface area contributed by atoms with E-state index in [4.69, 9.17) is 0 Å². The van der Waals surface area contributed by atoms with Crippen LogP contribution in [0.2, 0.25) is 0 Å². The molecule has 7 nitrogen and oxygen atoms in total. The van der Waals surface area contributed by atoms with Crippen LogP contribution in [0.5, 0.6) is 0 Å². The van der Waals surface area contributed by atoms with Crippen molar-refractivity contribution in [3.05, 3.63) is 59.2 Å². The Morgan fingerprint density at radius 3 is 2.47 bits per heavy atom. The zero-order chi connectivity index (χ0) is 21.1. The molecule has 0 spiro atoms. The van der Waals surface area contributed by atoms with Gasteiger partial charge in [0.25, 0.3) is 0 Å². The van der Waals surface area contributed by atoms with E-state index in [0.29, 0.717) is 31.6 Å². The average molecular weight is 407 g/mol. The zero-order valence-corrected chi connectivity index (χ0v) is 17.0. The lowest BCUT2D eigenvalue weighted by Crippen LogP contribution is -2.31. The predicted octanol–water partition coefficient (Wildman–Crippen LogP) is 3.75. The highest BCUT2D eigenvalue weighted by Gasteiger charge is 2.31. The molecule has 7 heteroatoms. The molecule has 1 N–H and O–H groups in total. The predicted molar refractivity (Wildman–Crippen MR) is 115 cm³/mol. The van der Waals surface area contributed by atoms with Crippen molar-refractivity contribution in [2.75, 3.05) is 30.0 Å². The van der Waals surface area contributed by atoms with Gasteiger partial charge in [0.1, 0.15) is 0 Å². The van der Waals surface area contributed by atoms with Gasteiger partial charge in [-0.2, -0.15) is 0 Å². The van der Waals surface area contributed by atoms with E-state index in [1.807, 2.05) is 42.5 Å². The number of carbonyl (C=O) groups excluding carboxylic acids is 2. The number of esters is 1. The summed E-state index contributed by atoms with van der Waals surface area (Å²) in [5.41, 5.74) is 5.55. The zero-order valence-electron chi connectivity index (χ0n) is 17.0. The molecule has 1 saturated heterocycles. The molecule has 2 aromatic carbocycles. The molecule has 2 amide bonds. The number of fused-ring (bicyclic) bond motifs is 1. The quantitative estimate of drug-likeness (QED) is 0.465. The lowest BCUT2D eigenvalue weighted by molar-refractivity contribution is -0.140. The second kappa shape index (κ2) is 8.57. The molecule has 1 fully saturated rings. The van der Waals surface area contributed by atoms with Crippen LogP contribution in [0.25, 0.3) is 0 Å². The Hall–Kier alpha value is -3.35. The highest BCUT2D eigenvalue weighted by atomic mass is 16.5. The van der Waals surface area contributed by atoms with Crippen molar-refractivity contribution in [2.24, 2.45) is 5.16 Å². The summed E-state index contributed by atoms with van der Waals surface area (Å²) in [6.07, 6.45) is 3.59. The number of urea groups is 1. The second-order valence-electron chi connectivity index (χ2n) is 7.57. The van der Waals surface area contributed by atoms with E-state index in [-0.39, 0.29) is 12.0 Å². The van der Waals surface area contributed by atoms with Crippen molar-refractivity contribution in [1.82, 2.24) is 0 Å². The van der Waals surface area contributed by atoms with E-state index in [9.17, 15) is 14.8 Å². The molecule has 0 bridgehead atoms. The Bertz CT molecular complexity index is 984. The van der Waals surface area contributed by atoms with Gasteiger partial charge >= 0.3 is 12.0 Å². The first-order chi connectivity index (χ1) is 14.6. The van der Waals surface area contributed by atoms with Crippen molar-refractivity contribution in [3.63, 3.8) is 0 Å². The minimum Gasteiger partial charge on any atom is -0.469 e. The number of aryl methyl sites for hydroxylation is 2. The number of oxime groups is 1. The van der Waals surface area contributed by atoms with Crippen LogP contribution >= 0.6 is 0 Å². The molecule has 1 aliphatic carbocycles. The molecule has 1 heterocycles. The maximum absolute atomic E-state index is 13.1. The summed E-state index contributed by atoms with van der Waals surface area (Å²) < 4.78 is 4.68. The van der Waals surface area contributed by atoms with Crippen LogP contribution < -0.4 is 9.80 Å². The molecule has 0 aromatic heterocycles. The fraction of sp³-hybridized carbons (Fsp3) is 0.348. The van der Waals surface area contributed by atoms with E-state index in [1.54, 1.807) is 9.80 Å². The average Bonchev–Trinajstić information content (AvgIpc) is 3.18. The van der Waals surface area contributed by atoms with Crippen molar-refractivity contribution in [1.29, 1.82) is 0 Å². The molecule has 0 radical (unpaired) electrons. The van der Waals surface area contributed by atoms with Gasteiger partial charge in [0.05, 0.1) is 12.8 Å². The van der Waals surface area contributed by atoms with Gasteiger partial charge in [-0.15, -0.1) is 0 Å². The third-order valence-corrected chi connectivity index (χ3v) is 5.79. The number of amides is 2. The number of carbonyl (C=O) groups is 2. The van der Waals surface area contributed by atoms with Gasteiger partial charge < -0.3 is 9.94 Å². The molecule has 1 aliphatic heterocycles. The smallest absolute Gasteiger partial charge is 0.329 e. The number of ether oxygens (including phenoxy) is 1. The molecule has 4 rings (SSSR count). The summed E-state index contributed by atoms with van der Waals surface area (Å²) in [6, 6.07) is 13.6. The molecule has 30 heavy (non-hydrogen) atoms. The van der Waals surface area contributed by atoms with E-state index in [0.717, 1.165) is 47.3 Å². The lowest BCUT2D eigenvalue weighted by atomic mass is 9.89. The topological polar surface area (TPSA) is 82.4 Å². The van der Waals surface area contributed by atoms with E-state index >= 15 is 0 Å². The van der Waals surface area contributed by atoms with Gasteiger partial charge in [0.2, 0.25) is 0 Å². The standard InChI is InChI=1S/C23H25N3O4/c1-30-22(27)12-7-16-5-8-18(9-6-16)25-13-14-26(23(25)28)19-10-11-20-17(15-19)3-2-4-21(20)24-29/h5-6,8-11,15,29H,2-4,7,12-14H2,1H3/b24-21-. The number of hydrogen-bond acceptors (Lipinski definition) is 5. The molecule has 0 unspecified atom stereocenters. The van der Waals surface area contributed by atoms with Gasteiger partial charge in [-0.05, 0) is 61.1 Å². The van der Waals surface area contributed by atoms with Crippen LogP contribution in [0.15, 0.2) is 47.6 Å². The second-order valence-corrected chi connectivity index (χ2v) is 7.57. The SMILES string of the molecule is COC(=O)CCc1ccc(N2CCN(c3ccc4c(c3)CCC/C4=N/O)C2=O)cc1. The number of hydrogen-bond donors (Lipinski definition) is 1. The molecular weight excluding hydrogens is 382 g/mol. The minimum absolute atomic E-state index is 0.0517. The normalized spacial score (nSPS) is 17.4. The van der Waals surface area contributed by atoms with Crippen molar-refractivity contribution < 1.29 is 19.5 Å². The summed E-state index contributed by atoms with van der Waals surface area (Å²) >= 11 is 0. The van der Waals surface area contributed by atoms with Gasteiger partial charge in [-0.1, -0.05) is 23.4 Å². The Morgan fingerprint density at radius 2 is 1.77 bits per heavy atom. The Morgan fingerprint density at radius 1 is 1.07 bits per heavy atom. The fourth-order valence-corrected chi connectivity index (χ4v) is 4.13. The third-order valence-electron chi connectivity index (χ3n) is 5.79. The lowest BCUT2D eigenvalue weighted by Gasteiger charge is -2.22. The number of anilines is 2. The first-order valence-corrected chi connectivity index (χ1v) is 10.2. The van der Waals surface area contributed by atoms with Crippen LogP contribution in [0.1, 0.15) is 36.0 Å². The highest BCUT2D eigenvalue weighted by molar-refractivity contribution is 6.07. The summed E-state index contributed by atoms with van der Waals surface area (Å²) in [4.78, 5) is 27.9. The number of methoxy groups -OCH3 is 1. The number of rotatable bonds is 5. The minimum atomic E-state index is -0.230. The van der Waals surface area contributed by atoms with Gasteiger partial charge in [0, 0.05) is 36.4 Å². The van der Waals surface area contributed by atoms with Crippen LogP contribution in [-0.4, -0.2) is 43.1 Å². The Labute approximate surface area is 175 Å². The van der Waals surface area contributed by atoms with Crippen LogP contribution in [0.4, 0.5) is 16.2 Å². The van der Waals surface area contributed by atoms with Crippen molar-refractivity contribution in [2.45, 2.75) is 32.1 Å². The first kappa shape index (κ1) is 19.9. The van der Waals surface area contributed by atoms with Crippen LogP contribution in [0, 0.1) is 0 Å². The molecule has 0 saturated carbocycles. The summed E-state index contributed by atoms with van der Waals surface area (Å²) in [5.74, 6) is -0.230. The molecule has 0 atom stereocenters. The third kappa shape index (κ3) is 3.87. The van der Waals surface area contributed by atoms with E-state index in [1.165, 1.54) is 7.11 Å². The fourth-order valence-electron chi connectivity index (χ4n) is 4.13. The van der Waals surface area contributed by atoms with E-state index < -0.39 is 0 Å². The van der Waals surface area contributed by atoms with Crippen molar-refractivity contribution in [3.8, 4) is 0 Å². The van der Waals surface area contributed by atoms with Crippen LogP contribution in [0.3, 0.4) is 0 Å². The molecular formula is C23H25N3O4. The first-order valence-electron chi connectivity index (χ1n) is 10.2. The van der Waals surface area contributed by atoms with Gasteiger partial charge in [0.15, 0.2) is 0 Å². The summed E-state index contributed by atoms with van der Waals surface area (Å²) in [6.45, 7) is 1.23. The summed E-state index contributed by atoms with van der Waals surface area (Å²) in [7, 11) is 1.39. The van der Waals surface area contributed by atoms with E-state index in [2.05, 4.69) is 9.89 Å². The monoisotopic (exact) mass is 407 g/mol. The van der Waals surface area contributed by atoms with Gasteiger partial charge in [-0.3, -0.25) is 14.6 Å². The molecule has 156 valence electrons. The van der Waals surface area contributed by atoms with Crippen molar-refractivity contribution >= 4 is 29.1 Å². The largest absolute Gasteiger partial charge is 0.469 e. The number of nitrogens with zero attached hydrogens (tertiary/aromatic N) is 3. The maximum atomic E-state index is 13.1. The number of benzene rings is 2.